The molecule has 0 aliphatic heterocycles. The summed E-state index contributed by atoms with van der Waals surface area (Å²) in [4.78, 5) is 12.6. The van der Waals surface area contributed by atoms with Crippen LogP contribution in [0.5, 0.6) is 0 Å². The van der Waals surface area contributed by atoms with Gasteiger partial charge in [-0.3, -0.25) is 4.98 Å². The van der Waals surface area contributed by atoms with Crippen LogP contribution in [0.25, 0.3) is 0 Å². The minimum atomic E-state index is 0.877. The zero-order chi connectivity index (χ0) is 12.6. The van der Waals surface area contributed by atoms with Crippen LogP contribution in [0.2, 0.25) is 0 Å². The molecule has 0 fully saturated rings. The van der Waals surface area contributed by atoms with Gasteiger partial charge in [0.05, 0.1) is 6.20 Å². The molecule has 0 aliphatic carbocycles. The van der Waals surface area contributed by atoms with E-state index in [-0.39, 0.29) is 0 Å². The summed E-state index contributed by atoms with van der Waals surface area (Å²) in [5.41, 5.74) is 1.24. The highest BCUT2D eigenvalue weighted by Crippen LogP contribution is 2.20. The first-order valence-corrected chi connectivity index (χ1v) is 6.94. The molecule has 2 aromatic rings. The highest BCUT2D eigenvalue weighted by atomic mass is 32.2. The van der Waals surface area contributed by atoms with E-state index in [0.29, 0.717) is 0 Å². The SMILES string of the molecule is CCCNc1cc(CSc2cnccn2)ccn1. The molecular weight excluding hydrogens is 244 g/mol. The molecule has 2 heterocycles. The van der Waals surface area contributed by atoms with E-state index < -0.39 is 0 Å². The smallest absolute Gasteiger partial charge is 0.126 e. The molecule has 0 bridgehead atoms. The minimum absolute atomic E-state index is 0.877. The molecule has 0 spiro atoms. The standard InChI is InChI=1S/C13H16N4S/c1-2-4-15-12-8-11(3-5-16-12)10-18-13-9-14-6-7-17-13/h3,5-9H,2,4,10H2,1H3,(H,15,16). The zero-order valence-electron chi connectivity index (χ0n) is 10.3. The van der Waals surface area contributed by atoms with E-state index in [2.05, 4.69) is 33.3 Å². The lowest BCUT2D eigenvalue weighted by Gasteiger charge is -2.06. The van der Waals surface area contributed by atoms with Gasteiger partial charge in [-0.25, -0.2) is 9.97 Å². The first-order valence-electron chi connectivity index (χ1n) is 5.96. The van der Waals surface area contributed by atoms with E-state index in [9.17, 15) is 0 Å². The maximum atomic E-state index is 4.28. The maximum absolute atomic E-state index is 4.28. The molecule has 2 aromatic heterocycles. The summed E-state index contributed by atoms with van der Waals surface area (Å²) in [5.74, 6) is 1.82. The molecule has 4 nitrogen and oxygen atoms in total. The zero-order valence-corrected chi connectivity index (χ0v) is 11.2. The highest BCUT2D eigenvalue weighted by molar-refractivity contribution is 7.98. The van der Waals surface area contributed by atoms with Crippen molar-refractivity contribution in [1.29, 1.82) is 0 Å². The Morgan fingerprint density at radius 1 is 1.22 bits per heavy atom. The van der Waals surface area contributed by atoms with Gasteiger partial charge in [0.15, 0.2) is 0 Å². The third-order valence-corrected chi connectivity index (χ3v) is 3.29. The van der Waals surface area contributed by atoms with Crippen molar-refractivity contribution in [1.82, 2.24) is 15.0 Å². The van der Waals surface area contributed by atoms with Gasteiger partial charge in [0.25, 0.3) is 0 Å². The van der Waals surface area contributed by atoms with Crippen LogP contribution in [-0.4, -0.2) is 21.5 Å². The number of nitrogens with zero attached hydrogens (tertiary/aromatic N) is 3. The molecule has 1 N–H and O–H groups in total. The van der Waals surface area contributed by atoms with Gasteiger partial charge in [0, 0.05) is 30.9 Å². The van der Waals surface area contributed by atoms with Crippen LogP contribution < -0.4 is 5.32 Å². The van der Waals surface area contributed by atoms with Gasteiger partial charge in [-0.1, -0.05) is 6.92 Å². The predicted octanol–water partition coefficient (Wildman–Crippen LogP) is 2.99. The Labute approximate surface area is 111 Å². The van der Waals surface area contributed by atoms with Crippen molar-refractivity contribution in [2.75, 3.05) is 11.9 Å². The predicted molar refractivity (Wildman–Crippen MR) is 74.6 cm³/mol. The second kappa shape index (κ2) is 6.96. The molecule has 0 amide bonds. The summed E-state index contributed by atoms with van der Waals surface area (Å²) < 4.78 is 0. The van der Waals surface area contributed by atoms with E-state index in [4.69, 9.17) is 0 Å². The van der Waals surface area contributed by atoms with Crippen LogP contribution in [0.3, 0.4) is 0 Å². The van der Waals surface area contributed by atoms with Crippen molar-refractivity contribution in [3.8, 4) is 0 Å². The quantitative estimate of drug-likeness (QED) is 0.809. The van der Waals surface area contributed by atoms with Crippen molar-refractivity contribution in [2.24, 2.45) is 0 Å². The normalized spacial score (nSPS) is 10.3. The summed E-state index contributed by atoms with van der Waals surface area (Å²) in [6, 6.07) is 4.11. The molecule has 0 aliphatic rings. The lowest BCUT2D eigenvalue weighted by atomic mass is 10.3. The Balaban J connectivity index is 1.93. The van der Waals surface area contributed by atoms with Gasteiger partial charge in [0.2, 0.25) is 0 Å². The molecule has 94 valence electrons. The number of aromatic nitrogens is 3. The van der Waals surface area contributed by atoms with Crippen molar-refractivity contribution in [3.63, 3.8) is 0 Å². The fraction of sp³-hybridized carbons (Fsp3) is 0.308. The number of nitrogens with one attached hydrogen (secondary N) is 1. The molecular formula is C13H16N4S. The Morgan fingerprint density at radius 2 is 2.17 bits per heavy atom. The van der Waals surface area contributed by atoms with E-state index in [0.717, 1.165) is 29.6 Å². The van der Waals surface area contributed by atoms with Gasteiger partial charge in [0.1, 0.15) is 10.8 Å². The van der Waals surface area contributed by atoms with Crippen LogP contribution in [0.4, 0.5) is 5.82 Å². The van der Waals surface area contributed by atoms with Gasteiger partial charge >= 0.3 is 0 Å². The Kier molecular flexibility index (Phi) is 4.96. The molecule has 2 rings (SSSR count). The number of anilines is 1. The summed E-state index contributed by atoms with van der Waals surface area (Å²) in [5, 5.41) is 4.23. The van der Waals surface area contributed by atoms with Gasteiger partial charge < -0.3 is 5.32 Å². The number of hydrogen-bond acceptors (Lipinski definition) is 5. The lowest BCUT2D eigenvalue weighted by Crippen LogP contribution is -2.01. The second-order valence-corrected chi connectivity index (χ2v) is 4.80. The van der Waals surface area contributed by atoms with Crippen molar-refractivity contribution in [3.05, 3.63) is 42.5 Å². The maximum Gasteiger partial charge on any atom is 0.126 e. The fourth-order valence-electron chi connectivity index (χ4n) is 1.43. The fourth-order valence-corrected chi connectivity index (χ4v) is 2.20. The lowest BCUT2D eigenvalue weighted by molar-refractivity contribution is 0.968. The Bertz CT molecular complexity index is 475. The summed E-state index contributed by atoms with van der Waals surface area (Å²) in [6.45, 7) is 3.09. The first-order chi connectivity index (χ1) is 8.88. The van der Waals surface area contributed by atoms with E-state index in [1.807, 2.05) is 12.3 Å². The van der Waals surface area contributed by atoms with Crippen LogP contribution in [0, 0.1) is 0 Å². The number of hydrogen-bond donors (Lipinski definition) is 1. The summed E-state index contributed by atoms with van der Waals surface area (Å²) in [6.07, 6.45) is 8.11. The van der Waals surface area contributed by atoms with Crippen LogP contribution in [0.1, 0.15) is 18.9 Å². The number of rotatable bonds is 6. The molecule has 5 heteroatoms. The Hall–Kier alpha value is -1.62. The third-order valence-electron chi connectivity index (χ3n) is 2.31. The molecule has 0 aromatic carbocycles. The highest BCUT2D eigenvalue weighted by Gasteiger charge is 1.99. The molecule has 0 radical (unpaired) electrons. The monoisotopic (exact) mass is 260 g/mol. The van der Waals surface area contributed by atoms with Gasteiger partial charge in [-0.15, -0.1) is 11.8 Å². The van der Waals surface area contributed by atoms with Crippen LogP contribution in [0.15, 0.2) is 41.9 Å². The topological polar surface area (TPSA) is 50.7 Å². The largest absolute Gasteiger partial charge is 0.370 e. The van der Waals surface area contributed by atoms with E-state index in [1.54, 1.807) is 30.4 Å². The Morgan fingerprint density at radius 3 is 2.94 bits per heavy atom. The van der Waals surface area contributed by atoms with Crippen LogP contribution >= 0.6 is 11.8 Å². The van der Waals surface area contributed by atoms with Crippen LogP contribution in [-0.2, 0) is 5.75 Å². The van der Waals surface area contributed by atoms with Crippen molar-refractivity contribution >= 4 is 17.6 Å². The average molecular weight is 260 g/mol. The van der Waals surface area contributed by atoms with Gasteiger partial charge in [-0.05, 0) is 24.1 Å². The average Bonchev–Trinajstić information content (AvgIpc) is 2.44. The summed E-state index contributed by atoms with van der Waals surface area (Å²) in [7, 11) is 0. The molecule has 0 saturated heterocycles. The molecule has 0 saturated carbocycles. The van der Waals surface area contributed by atoms with Gasteiger partial charge in [-0.2, -0.15) is 0 Å². The summed E-state index contributed by atoms with van der Waals surface area (Å²) >= 11 is 1.68. The first kappa shape index (κ1) is 12.8. The van der Waals surface area contributed by atoms with Crippen molar-refractivity contribution < 1.29 is 0 Å². The van der Waals surface area contributed by atoms with E-state index in [1.165, 1.54) is 5.56 Å². The number of thioether (sulfide) groups is 1. The van der Waals surface area contributed by atoms with Crippen molar-refractivity contribution in [2.45, 2.75) is 24.1 Å². The molecule has 0 atom stereocenters. The molecule has 0 unspecified atom stereocenters. The van der Waals surface area contributed by atoms with E-state index >= 15 is 0 Å². The third kappa shape index (κ3) is 4.00. The second-order valence-electron chi connectivity index (χ2n) is 3.81. The minimum Gasteiger partial charge on any atom is -0.370 e. The molecule has 18 heavy (non-hydrogen) atoms. The number of pyridine rings is 1.